The average Bonchev–Trinajstić information content (AvgIpc) is 2.61. The van der Waals surface area contributed by atoms with Crippen LogP contribution in [-0.2, 0) is 4.79 Å². The van der Waals surface area contributed by atoms with Crippen LogP contribution in [0.15, 0.2) is 36.7 Å². The Hall–Kier alpha value is -1.36. The minimum Gasteiger partial charge on any atom is -0.380 e. The molecule has 3 N–H and O–H groups in total. The van der Waals surface area contributed by atoms with Gasteiger partial charge in [-0.15, -0.1) is 18.3 Å². The summed E-state index contributed by atoms with van der Waals surface area (Å²) in [5, 5.41) is 9.36. The van der Waals surface area contributed by atoms with Gasteiger partial charge in [0, 0.05) is 11.4 Å². The molecule has 5 heteroatoms. The molecule has 27 heavy (non-hydrogen) atoms. The van der Waals surface area contributed by atoms with E-state index in [1.54, 1.807) is 0 Å². The summed E-state index contributed by atoms with van der Waals surface area (Å²) in [6.07, 6.45) is 9.28. The fraction of sp³-hybridized carbons (Fsp3) is 0.682. The minimum absolute atomic E-state index is 0.0349. The zero-order valence-electron chi connectivity index (χ0n) is 17.8. The molecule has 0 fully saturated rings. The highest BCUT2D eigenvalue weighted by molar-refractivity contribution is 7.99. The highest BCUT2D eigenvalue weighted by Crippen LogP contribution is 2.10. The molecular formula is C22H41N3OS. The number of nitrogens with one attached hydrogen (secondary N) is 3. The predicted octanol–water partition coefficient (Wildman–Crippen LogP) is 5.11. The van der Waals surface area contributed by atoms with E-state index in [4.69, 9.17) is 0 Å². The van der Waals surface area contributed by atoms with Crippen molar-refractivity contribution in [1.29, 1.82) is 0 Å². The van der Waals surface area contributed by atoms with Gasteiger partial charge in [0.15, 0.2) is 0 Å². The molecule has 0 aromatic heterocycles. The van der Waals surface area contributed by atoms with Gasteiger partial charge < -0.3 is 16.0 Å². The van der Waals surface area contributed by atoms with Crippen molar-refractivity contribution in [1.82, 2.24) is 16.0 Å². The second-order valence-electron chi connectivity index (χ2n) is 7.23. The zero-order chi connectivity index (χ0) is 20.5. The van der Waals surface area contributed by atoms with Crippen LogP contribution in [0.1, 0.15) is 72.1 Å². The molecule has 0 spiro atoms. The molecule has 0 radical (unpaired) electrons. The molecule has 0 saturated heterocycles. The number of hydrogen-bond donors (Lipinski definition) is 3. The maximum atomic E-state index is 12.0. The van der Waals surface area contributed by atoms with Gasteiger partial charge in [-0.2, -0.15) is 0 Å². The number of rotatable bonds is 18. The molecule has 0 aliphatic carbocycles. The highest BCUT2D eigenvalue weighted by Gasteiger charge is 2.10. The number of hydrogen-bond acceptors (Lipinski definition) is 4. The molecule has 0 bridgehead atoms. The van der Waals surface area contributed by atoms with Crippen molar-refractivity contribution in [3.8, 4) is 0 Å². The van der Waals surface area contributed by atoms with Crippen molar-refractivity contribution >= 4 is 17.7 Å². The topological polar surface area (TPSA) is 53.2 Å². The van der Waals surface area contributed by atoms with Crippen molar-refractivity contribution in [3.63, 3.8) is 0 Å². The molecule has 0 heterocycles. The quantitative estimate of drug-likeness (QED) is 0.172. The molecule has 1 amide bonds. The van der Waals surface area contributed by atoms with Crippen LogP contribution in [0.25, 0.3) is 0 Å². The van der Waals surface area contributed by atoms with Crippen molar-refractivity contribution in [2.24, 2.45) is 0 Å². The number of carbonyl (C=O) groups excluding carboxylic acids is 1. The average molecular weight is 396 g/mol. The lowest BCUT2D eigenvalue weighted by molar-refractivity contribution is -0.120. The summed E-state index contributed by atoms with van der Waals surface area (Å²) in [4.78, 5) is 12.0. The molecule has 1 atom stereocenters. The highest BCUT2D eigenvalue weighted by atomic mass is 32.2. The van der Waals surface area contributed by atoms with E-state index in [1.807, 2.05) is 18.7 Å². The van der Waals surface area contributed by atoms with Crippen LogP contribution in [0.3, 0.4) is 0 Å². The van der Waals surface area contributed by atoms with E-state index in [-0.39, 0.29) is 18.5 Å². The van der Waals surface area contributed by atoms with Crippen LogP contribution < -0.4 is 16.0 Å². The number of thioether (sulfide) groups is 1. The first kappa shape index (κ1) is 25.6. The van der Waals surface area contributed by atoms with Gasteiger partial charge in [-0.1, -0.05) is 44.9 Å². The van der Waals surface area contributed by atoms with E-state index in [0.29, 0.717) is 0 Å². The van der Waals surface area contributed by atoms with Crippen molar-refractivity contribution in [2.45, 2.75) is 78.2 Å². The molecule has 0 aliphatic rings. The molecule has 0 aliphatic heterocycles. The fourth-order valence-electron chi connectivity index (χ4n) is 2.44. The Labute approximate surface area is 171 Å². The second-order valence-corrected chi connectivity index (χ2v) is 8.33. The van der Waals surface area contributed by atoms with E-state index in [1.165, 1.54) is 37.7 Å². The third-order valence-electron chi connectivity index (χ3n) is 4.27. The van der Waals surface area contributed by atoms with Crippen LogP contribution in [-0.4, -0.2) is 30.1 Å². The van der Waals surface area contributed by atoms with Crippen molar-refractivity contribution < 1.29 is 4.79 Å². The summed E-state index contributed by atoms with van der Waals surface area (Å²) in [6, 6.07) is -0.0937. The Bertz CT molecular complexity index is 462. The molecule has 0 aromatic rings. The Morgan fingerprint density at radius 2 is 1.70 bits per heavy atom. The van der Waals surface area contributed by atoms with Gasteiger partial charge in [-0.05, 0) is 51.7 Å². The van der Waals surface area contributed by atoms with Crippen LogP contribution >= 0.6 is 11.8 Å². The van der Waals surface area contributed by atoms with Crippen molar-refractivity contribution in [3.05, 3.63) is 36.7 Å². The fourth-order valence-corrected chi connectivity index (χ4v) is 3.28. The Morgan fingerprint density at radius 3 is 2.37 bits per heavy atom. The zero-order valence-corrected chi connectivity index (χ0v) is 18.6. The summed E-state index contributed by atoms with van der Waals surface area (Å²) >= 11 is 1.87. The summed E-state index contributed by atoms with van der Waals surface area (Å²) < 4.78 is 0. The standard InChI is InChI=1S/C22H41N3OS/c1-7-8-10-14-19(4)23-16-22(26)25-21(6)20(5)24-17-27-15-12-9-11-13-18(2)3/h21,23-24H,2,4-5,7-17H2,1,3,6H3,(H,25,26)/t21-/m0/s1. The Balaban J connectivity index is 3.71. The second kappa shape index (κ2) is 16.8. The Kier molecular flexibility index (Phi) is 15.9. The van der Waals surface area contributed by atoms with Gasteiger partial charge in [0.1, 0.15) is 0 Å². The lowest BCUT2D eigenvalue weighted by Gasteiger charge is -2.19. The lowest BCUT2D eigenvalue weighted by Crippen LogP contribution is -2.42. The first-order chi connectivity index (χ1) is 12.9. The molecule has 0 aromatic carbocycles. The van der Waals surface area contributed by atoms with E-state index in [2.05, 4.69) is 49.5 Å². The van der Waals surface area contributed by atoms with Crippen LogP contribution in [0, 0.1) is 0 Å². The van der Waals surface area contributed by atoms with Crippen LogP contribution in [0.2, 0.25) is 0 Å². The Morgan fingerprint density at radius 1 is 1.00 bits per heavy atom. The van der Waals surface area contributed by atoms with Gasteiger partial charge in [0.25, 0.3) is 0 Å². The lowest BCUT2D eigenvalue weighted by atomic mass is 10.1. The first-order valence-corrected chi connectivity index (χ1v) is 11.4. The van der Waals surface area contributed by atoms with E-state index >= 15 is 0 Å². The monoisotopic (exact) mass is 395 g/mol. The maximum Gasteiger partial charge on any atom is 0.239 e. The molecule has 156 valence electrons. The van der Waals surface area contributed by atoms with Gasteiger partial charge in [-0.25, -0.2) is 0 Å². The third-order valence-corrected chi connectivity index (χ3v) is 5.20. The van der Waals surface area contributed by atoms with E-state index < -0.39 is 0 Å². The molecule has 0 saturated carbocycles. The number of carbonyl (C=O) groups is 1. The van der Waals surface area contributed by atoms with Gasteiger partial charge >= 0.3 is 0 Å². The minimum atomic E-state index is -0.0937. The van der Waals surface area contributed by atoms with Crippen molar-refractivity contribution in [2.75, 3.05) is 18.2 Å². The summed E-state index contributed by atoms with van der Waals surface area (Å²) in [5.41, 5.74) is 3.05. The van der Waals surface area contributed by atoms with Crippen LogP contribution in [0.4, 0.5) is 0 Å². The normalized spacial score (nSPS) is 11.5. The smallest absolute Gasteiger partial charge is 0.239 e. The van der Waals surface area contributed by atoms with E-state index in [9.17, 15) is 4.79 Å². The molecule has 0 rings (SSSR count). The SMILES string of the molecule is C=C(C)CCCCCSCNC(=C)[C@H](C)NC(=O)CNC(=C)CCCCC. The maximum absolute atomic E-state index is 12.0. The number of allylic oxidation sites excluding steroid dienone is 2. The van der Waals surface area contributed by atoms with Crippen LogP contribution in [0.5, 0.6) is 0 Å². The number of unbranched alkanes of at least 4 members (excludes halogenated alkanes) is 4. The number of amides is 1. The molecule has 4 nitrogen and oxygen atoms in total. The van der Waals surface area contributed by atoms with Gasteiger partial charge in [0.05, 0.1) is 18.5 Å². The summed E-state index contributed by atoms with van der Waals surface area (Å²) in [7, 11) is 0. The predicted molar refractivity (Wildman–Crippen MR) is 122 cm³/mol. The van der Waals surface area contributed by atoms with E-state index in [0.717, 1.165) is 42.3 Å². The molecule has 0 unspecified atom stereocenters. The summed E-state index contributed by atoms with van der Waals surface area (Å²) in [6.45, 7) is 18.4. The summed E-state index contributed by atoms with van der Waals surface area (Å²) in [5.74, 6) is 1.93. The third kappa shape index (κ3) is 16.5. The van der Waals surface area contributed by atoms with Gasteiger partial charge in [0.2, 0.25) is 5.91 Å². The first-order valence-electron chi connectivity index (χ1n) is 10.2. The van der Waals surface area contributed by atoms with Gasteiger partial charge in [-0.3, -0.25) is 4.79 Å². The molecular weight excluding hydrogens is 354 g/mol. The largest absolute Gasteiger partial charge is 0.380 e.